The normalized spacial score (nSPS) is 11.9. The van der Waals surface area contributed by atoms with Gasteiger partial charge in [0.2, 0.25) is 5.88 Å². The van der Waals surface area contributed by atoms with E-state index in [1.54, 1.807) is 12.3 Å². The fourth-order valence-electron chi connectivity index (χ4n) is 1.58. The van der Waals surface area contributed by atoms with Crippen molar-refractivity contribution in [1.29, 1.82) is 5.26 Å². The fourth-order valence-corrected chi connectivity index (χ4v) is 1.58. The second kappa shape index (κ2) is 6.12. The Bertz CT molecular complexity index is 382. The summed E-state index contributed by atoms with van der Waals surface area (Å²) in [5.41, 5.74) is 1.47. The van der Waals surface area contributed by atoms with Gasteiger partial charge in [-0.15, -0.1) is 0 Å². The molecule has 0 N–H and O–H groups in total. The molecule has 0 fully saturated rings. The van der Waals surface area contributed by atoms with Crippen molar-refractivity contribution in [3.8, 4) is 11.9 Å². The lowest BCUT2D eigenvalue weighted by Crippen LogP contribution is -2.16. The van der Waals surface area contributed by atoms with Gasteiger partial charge in [-0.1, -0.05) is 20.3 Å². The van der Waals surface area contributed by atoms with Crippen LogP contribution in [0, 0.1) is 18.3 Å². The quantitative estimate of drug-likeness (QED) is 0.762. The van der Waals surface area contributed by atoms with Crippen LogP contribution >= 0.6 is 0 Å². The van der Waals surface area contributed by atoms with Crippen molar-refractivity contribution in [2.45, 2.75) is 46.1 Å². The van der Waals surface area contributed by atoms with E-state index >= 15 is 0 Å². The zero-order valence-electron chi connectivity index (χ0n) is 10.2. The van der Waals surface area contributed by atoms with Crippen LogP contribution in [0.3, 0.4) is 0 Å². The number of hydrogen-bond donors (Lipinski definition) is 0. The van der Waals surface area contributed by atoms with Gasteiger partial charge in [0.25, 0.3) is 0 Å². The van der Waals surface area contributed by atoms with E-state index in [0.29, 0.717) is 11.4 Å². The van der Waals surface area contributed by atoms with E-state index in [4.69, 9.17) is 10.00 Å². The Morgan fingerprint density at radius 2 is 2.25 bits per heavy atom. The Hall–Kier alpha value is -1.56. The van der Waals surface area contributed by atoms with Crippen LogP contribution in [0.25, 0.3) is 0 Å². The first-order valence-electron chi connectivity index (χ1n) is 5.75. The minimum atomic E-state index is 0.199. The largest absolute Gasteiger partial charge is 0.474 e. The number of rotatable bonds is 5. The molecule has 1 unspecified atom stereocenters. The molecule has 1 heterocycles. The maximum atomic E-state index is 8.90. The van der Waals surface area contributed by atoms with Crippen molar-refractivity contribution in [2.75, 3.05) is 0 Å². The summed E-state index contributed by atoms with van der Waals surface area (Å²) in [6.07, 6.45) is 4.90. The van der Waals surface area contributed by atoms with Crippen molar-refractivity contribution in [1.82, 2.24) is 4.98 Å². The summed E-state index contributed by atoms with van der Waals surface area (Å²) < 4.78 is 5.82. The Labute approximate surface area is 97.1 Å². The Morgan fingerprint density at radius 3 is 2.81 bits per heavy atom. The lowest BCUT2D eigenvalue weighted by molar-refractivity contribution is 0.177. The van der Waals surface area contributed by atoms with Gasteiger partial charge in [-0.3, -0.25) is 0 Å². The molecule has 86 valence electrons. The molecule has 1 aromatic heterocycles. The molecular weight excluding hydrogens is 200 g/mol. The minimum Gasteiger partial charge on any atom is -0.474 e. The van der Waals surface area contributed by atoms with E-state index in [0.717, 1.165) is 24.8 Å². The van der Waals surface area contributed by atoms with Gasteiger partial charge < -0.3 is 4.74 Å². The SMILES string of the molecule is CCCC(CC)Oc1nccc(C#N)c1C. The topological polar surface area (TPSA) is 45.9 Å². The van der Waals surface area contributed by atoms with Gasteiger partial charge in [0, 0.05) is 11.8 Å². The Morgan fingerprint density at radius 1 is 1.50 bits per heavy atom. The molecule has 0 aromatic carbocycles. The second-order valence-corrected chi connectivity index (χ2v) is 3.84. The zero-order chi connectivity index (χ0) is 12.0. The number of hydrogen-bond acceptors (Lipinski definition) is 3. The monoisotopic (exact) mass is 218 g/mol. The molecule has 0 aliphatic carbocycles. The first kappa shape index (κ1) is 12.5. The van der Waals surface area contributed by atoms with Crippen molar-refractivity contribution in [3.05, 3.63) is 23.4 Å². The first-order valence-corrected chi connectivity index (χ1v) is 5.75. The van der Waals surface area contributed by atoms with E-state index in [1.807, 2.05) is 6.92 Å². The molecule has 3 heteroatoms. The summed E-state index contributed by atoms with van der Waals surface area (Å²) in [4.78, 5) is 4.18. The maximum Gasteiger partial charge on any atom is 0.217 e. The Kier molecular flexibility index (Phi) is 4.78. The molecular formula is C13H18N2O. The van der Waals surface area contributed by atoms with Gasteiger partial charge in [0.1, 0.15) is 6.10 Å². The summed E-state index contributed by atoms with van der Waals surface area (Å²) in [6.45, 7) is 6.11. The molecule has 1 atom stereocenters. The average Bonchev–Trinajstić information content (AvgIpc) is 2.31. The van der Waals surface area contributed by atoms with Crippen LogP contribution in [0.4, 0.5) is 0 Å². The highest BCUT2D eigenvalue weighted by atomic mass is 16.5. The van der Waals surface area contributed by atoms with Gasteiger partial charge >= 0.3 is 0 Å². The molecule has 0 aliphatic heterocycles. The van der Waals surface area contributed by atoms with Crippen molar-refractivity contribution in [2.24, 2.45) is 0 Å². The molecule has 0 spiro atoms. The summed E-state index contributed by atoms with van der Waals surface area (Å²) in [7, 11) is 0. The Balaban J connectivity index is 2.84. The van der Waals surface area contributed by atoms with Crippen molar-refractivity contribution in [3.63, 3.8) is 0 Å². The predicted molar refractivity (Wildman–Crippen MR) is 63.3 cm³/mol. The molecule has 16 heavy (non-hydrogen) atoms. The van der Waals surface area contributed by atoms with E-state index in [1.165, 1.54) is 0 Å². The first-order chi connectivity index (χ1) is 7.72. The summed E-state index contributed by atoms with van der Waals surface area (Å²) >= 11 is 0. The number of nitrogens with zero attached hydrogens (tertiary/aromatic N) is 2. The summed E-state index contributed by atoms with van der Waals surface area (Å²) in [5.74, 6) is 0.597. The van der Waals surface area contributed by atoms with E-state index < -0.39 is 0 Å². The predicted octanol–water partition coefficient (Wildman–Crippen LogP) is 3.22. The smallest absolute Gasteiger partial charge is 0.217 e. The van der Waals surface area contributed by atoms with Crippen molar-refractivity contribution >= 4 is 0 Å². The highest BCUT2D eigenvalue weighted by Crippen LogP contribution is 2.20. The maximum absolute atomic E-state index is 8.90. The molecule has 1 aromatic rings. The van der Waals surface area contributed by atoms with Crippen molar-refractivity contribution < 1.29 is 4.74 Å². The molecule has 0 saturated heterocycles. The van der Waals surface area contributed by atoms with Crippen LogP contribution in [0.15, 0.2) is 12.3 Å². The molecule has 0 bridgehead atoms. The van der Waals surface area contributed by atoms with Crippen LogP contribution < -0.4 is 4.74 Å². The standard InChI is InChI=1S/C13H18N2O/c1-4-6-12(5-2)16-13-10(3)11(9-14)7-8-15-13/h7-8,12H,4-6H2,1-3H3. The fraction of sp³-hybridized carbons (Fsp3) is 0.538. The van der Waals surface area contributed by atoms with Gasteiger partial charge in [-0.2, -0.15) is 5.26 Å². The number of pyridine rings is 1. The zero-order valence-corrected chi connectivity index (χ0v) is 10.2. The average molecular weight is 218 g/mol. The van der Waals surface area contributed by atoms with E-state index in [2.05, 4.69) is 24.9 Å². The van der Waals surface area contributed by atoms with E-state index in [9.17, 15) is 0 Å². The van der Waals surface area contributed by atoms with Crippen LogP contribution in [-0.2, 0) is 0 Å². The molecule has 0 saturated carbocycles. The van der Waals surface area contributed by atoms with Gasteiger partial charge in [-0.05, 0) is 25.8 Å². The highest BCUT2D eigenvalue weighted by Gasteiger charge is 2.11. The van der Waals surface area contributed by atoms with Gasteiger partial charge in [0.15, 0.2) is 0 Å². The van der Waals surface area contributed by atoms with Crippen LogP contribution in [0.2, 0.25) is 0 Å². The van der Waals surface area contributed by atoms with Gasteiger partial charge in [0.05, 0.1) is 11.6 Å². The summed E-state index contributed by atoms with van der Waals surface area (Å²) in [6, 6.07) is 3.85. The second-order valence-electron chi connectivity index (χ2n) is 3.84. The molecule has 3 nitrogen and oxygen atoms in total. The minimum absolute atomic E-state index is 0.199. The van der Waals surface area contributed by atoms with Crippen LogP contribution in [-0.4, -0.2) is 11.1 Å². The third kappa shape index (κ3) is 2.96. The van der Waals surface area contributed by atoms with Gasteiger partial charge in [-0.25, -0.2) is 4.98 Å². The third-order valence-electron chi connectivity index (χ3n) is 2.62. The number of aromatic nitrogens is 1. The number of ether oxygens (including phenoxy) is 1. The highest BCUT2D eigenvalue weighted by molar-refractivity contribution is 5.41. The summed E-state index contributed by atoms with van der Waals surface area (Å²) in [5, 5.41) is 8.90. The van der Waals surface area contributed by atoms with E-state index in [-0.39, 0.29) is 6.10 Å². The van der Waals surface area contributed by atoms with Crippen LogP contribution in [0.5, 0.6) is 5.88 Å². The molecule has 0 amide bonds. The lowest BCUT2D eigenvalue weighted by Gasteiger charge is -2.17. The molecule has 0 aliphatic rings. The lowest BCUT2D eigenvalue weighted by atomic mass is 10.1. The number of nitriles is 1. The van der Waals surface area contributed by atoms with Crippen LogP contribution in [0.1, 0.15) is 44.2 Å². The molecule has 0 radical (unpaired) electrons. The molecule has 1 rings (SSSR count). The third-order valence-corrected chi connectivity index (χ3v) is 2.62.